The minimum atomic E-state index is -0.302. The van der Waals surface area contributed by atoms with Crippen LogP contribution in [0.3, 0.4) is 0 Å². The van der Waals surface area contributed by atoms with Gasteiger partial charge in [0.05, 0.1) is 12.5 Å². The zero-order chi connectivity index (χ0) is 15.1. The molecule has 2 rings (SSSR count). The second kappa shape index (κ2) is 7.43. The molecule has 109 valence electrons. The van der Waals surface area contributed by atoms with Crippen LogP contribution in [-0.4, -0.2) is 19.1 Å². The topological polar surface area (TPSA) is 38.3 Å². The van der Waals surface area contributed by atoms with Crippen LogP contribution in [0.2, 0.25) is 0 Å². The molecule has 0 heterocycles. The van der Waals surface area contributed by atoms with E-state index in [1.54, 1.807) is 24.3 Å². The highest BCUT2D eigenvalue weighted by Gasteiger charge is 2.13. The Morgan fingerprint density at radius 2 is 2.10 bits per heavy atom. The van der Waals surface area contributed by atoms with E-state index in [4.69, 9.17) is 4.74 Å². The number of hydrogen-bond donors (Lipinski definition) is 1. The van der Waals surface area contributed by atoms with Gasteiger partial charge in [0.1, 0.15) is 18.2 Å². The summed E-state index contributed by atoms with van der Waals surface area (Å²) in [6, 6.07) is 16.1. The molecule has 0 aliphatic heterocycles. The third kappa shape index (κ3) is 4.60. The number of halogens is 1. The maximum absolute atomic E-state index is 12.7. The molecule has 1 radical (unpaired) electrons. The highest BCUT2D eigenvalue weighted by molar-refractivity contribution is 5.83. The van der Waals surface area contributed by atoms with Crippen molar-refractivity contribution in [3.05, 3.63) is 66.0 Å². The van der Waals surface area contributed by atoms with E-state index in [1.165, 1.54) is 12.1 Å². The molecular formula is C17H17FNO2. The Labute approximate surface area is 123 Å². The van der Waals surface area contributed by atoms with Gasteiger partial charge in [-0.2, -0.15) is 0 Å². The van der Waals surface area contributed by atoms with Crippen molar-refractivity contribution in [3.63, 3.8) is 0 Å². The van der Waals surface area contributed by atoms with Crippen molar-refractivity contribution < 1.29 is 13.9 Å². The van der Waals surface area contributed by atoms with Crippen LogP contribution in [0.5, 0.6) is 5.75 Å². The number of ether oxygens (including phenoxy) is 1. The van der Waals surface area contributed by atoms with E-state index in [-0.39, 0.29) is 17.6 Å². The second-order valence-electron chi connectivity index (χ2n) is 4.65. The number of benzene rings is 2. The molecule has 0 aliphatic rings. The summed E-state index contributed by atoms with van der Waals surface area (Å²) in [4.78, 5) is 12.0. The van der Waals surface area contributed by atoms with Crippen molar-refractivity contribution in [2.45, 2.75) is 12.8 Å². The standard InChI is InChI=1S/C17H17FNO2/c1-13(14-5-3-2-4-6-14)17(20)19-11-12-21-16-9-7-15(18)8-10-16/h2-3,5-10,13H,11-12H2,1H3,(H,19,20). The number of nitrogens with one attached hydrogen (secondary N) is 1. The molecule has 0 fully saturated rings. The van der Waals surface area contributed by atoms with Crippen LogP contribution >= 0.6 is 0 Å². The van der Waals surface area contributed by atoms with E-state index in [2.05, 4.69) is 11.4 Å². The van der Waals surface area contributed by atoms with E-state index in [9.17, 15) is 9.18 Å². The molecule has 0 spiro atoms. The van der Waals surface area contributed by atoms with Gasteiger partial charge in [-0.15, -0.1) is 0 Å². The van der Waals surface area contributed by atoms with Crippen LogP contribution in [0.1, 0.15) is 18.4 Å². The minimum absolute atomic E-state index is 0.0580. The molecule has 0 aliphatic carbocycles. The van der Waals surface area contributed by atoms with Crippen LogP contribution in [0.25, 0.3) is 0 Å². The number of amides is 1. The monoisotopic (exact) mass is 286 g/mol. The average Bonchev–Trinajstić information content (AvgIpc) is 2.53. The molecule has 0 saturated heterocycles. The molecular weight excluding hydrogens is 269 g/mol. The lowest BCUT2D eigenvalue weighted by Crippen LogP contribution is -2.31. The van der Waals surface area contributed by atoms with Crippen molar-refractivity contribution >= 4 is 5.91 Å². The predicted molar refractivity (Wildman–Crippen MR) is 78.6 cm³/mol. The average molecular weight is 286 g/mol. The lowest BCUT2D eigenvalue weighted by molar-refractivity contribution is -0.122. The summed E-state index contributed by atoms with van der Waals surface area (Å²) in [5, 5.41) is 2.81. The summed E-state index contributed by atoms with van der Waals surface area (Å²) in [5.74, 6) is -0.00826. The van der Waals surface area contributed by atoms with Crippen molar-refractivity contribution in [2.75, 3.05) is 13.2 Å². The lowest BCUT2D eigenvalue weighted by atomic mass is 10.0. The Bertz CT molecular complexity index is 569. The van der Waals surface area contributed by atoms with Gasteiger partial charge in [-0.3, -0.25) is 4.79 Å². The third-order valence-electron chi connectivity index (χ3n) is 3.11. The fourth-order valence-corrected chi connectivity index (χ4v) is 1.85. The van der Waals surface area contributed by atoms with Crippen LogP contribution in [0, 0.1) is 11.9 Å². The Kier molecular flexibility index (Phi) is 5.32. The maximum Gasteiger partial charge on any atom is 0.227 e. The summed E-state index contributed by atoms with van der Waals surface area (Å²) in [7, 11) is 0. The summed E-state index contributed by atoms with van der Waals surface area (Å²) in [5.41, 5.74) is 0.925. The Hall–Kier alpha value is -2.36. The van der Waals surface area contributed by atoms with Crippen molar-refractivity contribution in [2.24, 2.45) is 0 Å². The van der Waals surface area contributed by atoms with Gasteiger partial charge in [0.25, 0.3) is 0 Å². The second-order valence-corrected chi connectivity index (χ2v) is 4.65. The molecule has 3 nitrogen and oxygen atoms in total. The molecule has 1 N–H and O–H groups in total. The van der Waals surface area contributed by atoms with Gasteiger partial charge in [0.15, 0.2) is 0 Å². The highest BCUT2D eigenvalue weighted by atomic mass is 19.1. The fourth-order valence-electron chi connectivity index (χ4n) is 1.85. The van der Waals surface area contributed by atoms with Gasteiger partial charge >= 0.3 is 0 Å². The molecule has 21 heavy (non-hydrogen) atoms. The zero-order valence-electron chi connectivity index (χ0n) is 11.8. The minimum Gasteiger partial charge on any atom is -0.492 e. The Balaban J connectivity index is 1.73. The smallest absolute Gasteiger partial charge is 0.227 e. The predicted octanol–water partition coefficient (Wildman–Crippen LogP) is 2.92. The maximum atomic E-state index is 12.7. The number of carbonyl (C=O) groups is 1. The van der Waals surface area contributed by atoms with Crippen LogP contribution in [0.15, 0.2) is 48.5 Å². The summed E-state index contributed by atoms with van der Waals surface area (Å²) in [6.07, 6.45) is 0. The van der Waals surface area contributed by atoms with Crippen LogP contribution in [-0.2, 0) is 4.79 Å². The fraction of sp³-hybridized carbons (Fsp3) is 0.235. The van der Waals surface area contributed by atoms with E-state index >= 15 is 0 Å². The molecule has 1 atom stereocenters. The SMILES string of the molecule is CC(C(=O)NCCOc1ccc(F)cc1)c1c[c]ccc1. The van der Waals surface area contributed by atoms with Crippen molar-refractivity contribution in [1.29, 1.82) is 0 Å². The molecule has 0 aromatic heterocycles. The van der Waals surface area contributed by atoms with Gasteiger partial charge in [-0.05, 0) is 42.8 Å². The number of carbonyl (C=O) groups excluding carboxylic acids is 1. The molecule has 2 aromatic rings. The Morgan fingerprint density at radius 3 is 2.76 bits per heavy atom. The third-order valence-corrected chi connectivity index (χ3v) is 3.11. The van der Waals surface area contributed by atoms with Crippen LogP contribution < -0.4 is 10.1 Å². The van der Waals surface area contributed by atoms with E-state index in [0.29, 0.717) is 18.9 Å². The largest absolute Gasteiger partial charge is 0.492 e. The van der Waals surface area contributed by atoms with E-state index < -0.39 is 0 Å². The Morgan fingerprint density at radius 1 is 1.33 bits per heavy atom. The molecule has 1 amide bonds. The summed E-state index contributed by atoms with van der Waals surface area (Å²) >= 11 is 0. The highest BCUT2D eigenvalue weighted by Crippen LogP contribution is 2.14. The van der Waals surface area contributed by atoms with Gasteiger partial charge in [-0.1, -0.05) is 24.3 Å². The molecule has 4 heteroatoms. The van der Waals surface area contributed by atoms with Gasteiger partial charge in [-0.25, -0.2) is 4.39 Å². The quantitative estimate of drug-likeness (QED) is 0.829. The number of rotatable bonds is 6. The van der Waals surface area contributed by atoms with Crippen molar-refractivity contribution in [3.8, 4) is 5.75 Å². The van der Waals surface area contributed by atoms with Gasteiger partial charge in [0.2, 0.25) is 5.91 Å². The van der Waals surface area contributed by atoms with Crippen LogP contribution in [0.4, 0.5) is 4.39 Å². The summed E-state index contributed by atoms with van der Waals surface area (Å²) < 4.78 is 18.1. The molecule has 2 aromatic carbocycles. The van der Waals surface area contributed by atoms with E-state index in [0.717, 1.165) is 5.56 Å². The van der Waals surface area contributed by atoms with Gasteiger partial charge < -0.3 is 10.1 Å². The first-order chi connectivity index (χ1) is 10.2. The summed E-state index contributed by atoms with van der Waals surface area (Å²) in [6.45, 7) is 2.58. The molecule has 0 saturated carbocycles. The number of hydrogen-bond acceptors (Lipinski definition) is 2. The zero-order valence-corrected chi connectivity index (χ0v) is 11.8. The van der Waals surface area contributed by atoms with E-state index in [1.807, 2.05) is 19.1 Å². The first kappa shape index (κ1) is 15.0. The molecule has 1 unspecified atom stereocenters. The normalized spacial score (nSPS) is 11.7. The van der Waals surface area contributed by atoms with Gasteiger partial charge in [0, 0.05) is 0 Å². The van der Waals surface area contributed by atoms with Crippen molar-refractivity contribution in [1.82, 2.24) is 5.32 Å². The first-order valence-electron chi connectivity index (χ1n) is 6.79. The first-order valence-corrected chi connectivity index (χ1v) is 6.79. The lowest BCUT2D eigenvalue weighted by Gasteiger charge is -2.13. The molecule has 0 bridgehead atoms.